The largest absolute Gasteiger partial charge is 0.385 e. The fourth-order valence-electron chi connectivity index (χ4n) is 1.79. The Kier molecular flexibility index (Phi) is 4.60. The molecule has 104 valence electrons. The zero-order valence-corrected chi connectivity index (χ0v) is 11.6. The van der Waals surface area contributed by atoms with Crippen LogP contribution in [-0.4, -0.2) is 27.4 Å². The Morgan fingerprint density at radius 1 is 1.30 bits per heavy atom. The van der Waals surface area contributed by atoms with Gasteiger partial charge in [0.05, 0.1) is 23.5 Å². The second-order valence-corrected chi connectivity index (χ2v) is 4.23. The van der Waals surface area contributed by atoms with Crippen molar-refractivity contribution in [3.8, 4) is 0 Å². The fraction of sp³-hybridized carbons (Fsp3) is 0.286. The van der Waals surface area contributed by atoms with E-state index in [0.29, 0.717) is 17.9 Å². The highest BCUT2D eigenvalue weighted by Crippen LogP contribution is 2.13. The van der Waals surface area contributed by atoms with Crippen LogP contribution in [0.15, 0.2) is 30.7 Å². The molecule has 2 N–H and O–H groups in total. The lowest BCUT2D eigenvalue weighted by molar-refractivity contribution is 0.0951. The smallest absolute Gasteiger partial charge is 0.255 e. The third-order valence-electron chi connectivity index (χ3n) is 2.70. The number of aromatic nitrogens is 3. The molecule has 1 amide bonds. The number of nitrogens with zero attached hydrogens (tertiary/aromatic N) is 3. The van der Waals surface area contributed by atoms with E-state index in [1.807, 2.05) is 13.8 Å². The van der Waals surface area contributed by atoms with Crippen LogP contribution in [0.5, 0.6) is 0 Å². The predicted octanol–water partition coefficient (Wildman–Crippen LogP) is 1.54. The summed E-state index contributed by atoms with van der Waals surface area (Å²) in [6.45, 7) is 4.90. The molecule has 0 aliphatic rings. The average molecular weight is 271 g/mol. The summed E-state index contributed by atoms with van der Waals surface area (Å²) in [5, 5.41) is 5.97. The van der Waals surface area contributed by atoms with Crippen LogP contribution in [0.4, 0.5) is 5.69 Å². The Morgan fingerprint density at radius 3 is 2.90 bits per heavy atom. The lowest BCUT2D eigenvalue weighted by Gasteiger charge is -2.10. The number of hydrogen-bond donors (Lipinski definition) is 2. The van der Waals surface area contributed by atoms with Gasteiger partial charge in [0.1, 0.15) is 5.82 Å². The summed E-state index contributed by atoms with van der Waals surface area (Å²) in [4.78, 5) is 24.4. The number of amides is 1. The molecule has 0 spiro atoms. The second kappa shape index (κ2) is 6.60. The van der Waals surface area contributed by atoms with E-state index in [-0.39, 0.29) is 5.91 Å². The molecule has 0 saturated carbocycles. The summed E-state index contributed by atoms with van der Waals surface area (Å²) in [5.74, 6) is 0.511. The number of pyridine rings is 1. The first-order chi connectivity index (χ1) is 9.70. The van der Waals surface area contributed by atoms with E-state index in [4.69, 9.17) is 0 Å². The molecule has 6 nitrogen and oxygen atoms in total. The van der Waals surface area contributed by atoms with Crippen LogP contribution in [0.1, 0.15) is 28.8 Å². The molecule has 0 fully saturated rings. The third kappa shape index (κ3) is 3.50. The van der Waals surface area contributed by atoms with Crippen molar-refractivity contribution in [2.45, 2.75) is 20.4 Å². The van der Waals surface area contributed by atoms with Gasteiger partial charge in [0.15, 0.2) is 0 Å². The van der Waals surface area contributed by atoms with Gasteiger partial charge in [0.25, 0.3) is 5.91 Å². The van der Waals surface area contributed by atoms with Gasteiger partial charge < -0.3 is 10.6 Å². The molecule has 2 heterocycles. The molecule has 0 bridgehead atoms. The molecule has 0 aliphatic heterocycles. The highest BCUT2D eigenvalue weighted by molar-refractivity contribution is 5.99. The van der Waals surface area contributed by atoms with Crippen molar-refractivity contribution in [2.75, 3.05) is 11.9 Å². The van der Waals surface area contributed by atoms with Crippen LogP contribution in [0, 0.1) is 6.92 Å². The minimum absolute atomic E-state index is 0.176. The molecule has 2 aromatic heterocycles. The number of aryl methyl sites for hydroxylation is 1. The van der Waals surface area contributed by atoms with E-state index in [2.05, 4.69) is 25.6 Å². The summed E-state index contributed by atoms with van der Waals surface area (Å²) in [6, 6.07) is 3.56. The van der Waals surface area contributed by atoms with Crippen molar-refractivity contribution in [3.63, 3.8) is 0 Å². The van der Waals surface area contributed by atoms with Gasteiger partial charge in [-0.15, -0.1) is 0 Å². The molecule has 0 aliphatic carbocycles. The SMILES string of the molecule is CCNc1ccncc1C(=O)NCc1ccnc(C)n1. The van der Waals surface area contributed by atoms with Gasteiger partial charge in [-0.3, -0.25) is 9.78 Å². The lowest BCUT2D eigenvalue weighted by Crippen LogP contribution is -2.24. The molecule has 6 heteroatoms. The number of hydrogen-bond acceptors (Lipinski definition) is 5. The van der Waals surface area contributed by atoms with Crippen LogP contribution in [0.25, 0.3) is 0 Å². The lowest BCUT2D eigenvalue weighted by atomic mass is 10.2. The van der Waals surface area contributed by atoms with Crippen LogP contribution < -0.4 is 10.6 Å². The highest BCUT2D eigenvalue weighted by atomic mass is 16.1. The molecule has 20 heavy (non-hydrogen) atoms. The molecule has 0 saturated heterocycles. The minimum Gasteiger partial charge on any atom is -0.385 e. The Bertz CT molecular complexity index is 600. The van der Waals surface area contributed by atoms with Crippen LogP contribution in [-0.2, 0) is 6.54 Å². The molecule has 0 aromatic carbocycles. The van der Waals surface area contributed by atoms with E-state index in [0.717, 1.165) is 17.9 Å². The van der Waals surface area contributed by atoms with Crippen molar-refractivity contribution in [1.82, 2.24) is 20.3 Å². The van der Waals surface area contributed by atoms with Crippen LogP contribution in [0.2, 0.25) is 0 Å². The van der Waals surface area contributed by atoms with Crippen molar-refractivity contribution in [2.24, 2.45) is 0 Å². The van der Waals surface area contributed by atoms with Gasteiger partial charge in [0, 0.05) is 25.1 Å². The number of carbonyl (C=O) groups excluding carboxylic acids is 1. The zero-order chi connectivity index (χ0) is 14.4. The Labute approximate surface area is 117 Å². The summed E-state index contributed by atoms with van der Waals surface area (Å²) in [7, 11) is 0. The van der Waals surface area contributed by atoms with E-state index in [9.17, 15) is 4.79 Å². The molecular formula is C14H17N5O. The fourth-order valence-corrected chi connectivity index (χ4v) is 1.79. The number of rotatable bonds is 5. The van der Waals surface area contributed by atoms with Crippen LogP contribution in [0.3, 0.4) is 0 Å². The summed E-state index contributed by atoms with van der Waals surface area (Å²) in [5.41, 5.74) is 2.08. The van der Waals surface area contributed by atoms with Crippen molar-refractivity contribution >= 4 is 11.6 Å². The maximum atomic E-state index is 12.2. The number of nitrogens with one attached hydrogen (secondary N) is 2. The van der Waals surface area contributed by atoms with Gasteiger partial charge in [-0.1, -0.05) is 0 Å². The standard InChI is InChI=1S/C14H17N5O/c1-3-16-13-5-6-15-9-12(13)14(20)18-8-11-4-7-17-10(2)19-11/h4-7,9H,3,8H2,1-2H3,(H,15,16)(H,18,20). The molecular weight excluding hydrogens is 254 g/mol. The normalized spacial score (nSPS) is 10.1. The van der Waals surface area contributed by atoms with Crippen molar-refractivity contribution < 1.29 is 4.79 Å². The van der Waals surface area contributed by atoms with Gasteiger partial charge in [0.2, 0.25) is 0 Å². The van der Waals surface area contributed by atoms with Gasteiger partial charge in [-0.05, 0) is 26.0 Å². The Balaban J connectivity index is 2.05. The maximum absolute atomic E-state index is 12.2. The van der Waals surface area contributed by atoms with E-state index in [1.165, 1.54) is 0 Å². The molecule has 0 unspecified atom stereocenters. The Hall–Kier alpha value is -2.50. The monoisotopic (exact) mass is 271 g/mol. The van der Waals surface area contributed by atoms with Crippen molar-refractivity contribution in [1.29, 1.82) is 0 Å². The topological polar surface area (TPSA) is 79.8 Å². The quantitative estimate of drug-likeness (QED) is 0.862. The summed E-state index contributed by atoms with van der Waals surface area (Å²) >= 11 is 0. The third-order valence-corrected chi connectivity index (χ3v) is 2.70. The second-order valence-electron chi connectivity index (χ2n) is 4.23. The minimum atomic E-state index is -0.176. The predicted molar refractivity (Wildman–Crippen MR) is 76.3 cm³/mol. The van der Waals surface area contributed by atoms with Gasteiger partial charge >= 0.3 is 0 Å². The maximum Gasteiger partial charge on any atom is 0.255 e. The first kappa shape index (κ1) is 13.9. The van der Waals surface area contributed by atoms with Gasteiger partial charge in [-0.25, -0.2) is 9.97 Å². The van der Waals surface area contributed by atoms with E-state index >= 15 is 0 Å². The first-order valence-corrected chi connectivity index (χ1v) is 6.45. The molecule has 2 aromatic rings. The number of anilines is 1. The molecule has 2 rings (SSSR count). The van der Waals surface area contributed by atoms with Gasteiger partial charge in [-0.2, -0.15) is 0 Å². The highest BCUT2D eigenvalue weighted by Gasteiger charge is 2.11. The van der Waals surface area contributed by atoms with Crippen molar-refractivity contribution in [3.05, 3.63) is 47.8 Å². The Morgan fingerprint density at radius 2 is 2.15 bits per heavy atom. The summed E-state index contributed by atoms with van der Waals surface area (Å²) in [6.07, 6.45) is 4.89. The first-order valence-electron chi connectivity index (χ1n) is 6.45. The zero-order valence-electron chi connectivity index (χ0n) is 11.6. The molecule has 0 radical (unpaired) electrons. The molecule has 0 atom stereocenters. The van der Waals surface area contributed by atoms with E-state index < -0.39 is 0 Å². The van der Waals surface area contributed by atoms with Crippen LogP contribution >= 0.6 is 0 Å². The average Bonchev–Trinajstić information content (AvgIpc) is 2.46. The number of carbonyl (C=O) groups is 1. The van der Waals surface area contributed by atoms with E-state index in [1.54, 1.807) is 30.7 Å². The summed E-state index contributed by atoms with van der Waals surface area (Å²) < 4.78 is 0.